The molecule has 0 bridgehead atoms. The average molecular weight is 545 g/mol. The van der Waals surface area contributed by atoms with Gasteiger partial charge in [-0.3, -0.25) is 4.79 Å². The fourth-order valence-corrected chi connectivity index (χ4v) is 5.25. The summed E-state index contributed by atoms with van der Waals surface area (Å²) in [5.41, 5.74) is 7.65. The number of anilines is 3. The summed E-state index contributed by atoms with van der Waals surface area (Å²) in [4.78, 5) is 25.0. The zero-order valence-electron chi connectivity index (χ0n) is 23.9. The SMILES string of the molecule is CC(C)(C)c1ccc(C(=O)Cc2cccc(-c3cn4ccnc4c(Nc4ccc(N5CCNCC5)cc4)n3)c2)cc1. The van der Waals surface area contributed by atoms with Gasteiger partial charge in [0.1, 0.15) is 0 Å². The Morgan fingerprint density at radius 2 is 1.73 bits per heavy atom. The Morgan fingerprint density at radius 1 is 0.976 bits per heavy atom. The van der Waals surface area contributed by atoms with Gasteiger partial charge in [0.2, 0.25) is 0 Å². The number of fused-ring (bicyclic) bond motifs is 1. The van der Waals surface area contributed by atoms with Crippen LogP contribution in [-0.4, -0.2) is 46.3 Å². The quantitative estimate of drug-likeness (QED) is 0.235. The molecule has 1 saturated heterocycles. The van der Waals surface area contributed by atoms with E-state index >= 15 is 0 Å². The molecule has 1 fully saturated rings. The number of rotatable bonds is 7. The second-order valence-electron chi connectivity index (χ2n) is 11.7. The lowest BCUT2D eigenvalue weighted by Crippen LogP contribution is -2.43. The number of nitrogens with zero attached hydrogens (tertiary/aromatic N) is 4. The van der Waals surface area contributed by atoms with E-state index in [4.69, 9.17) is 4.98 Å². The minimum atomic E-state index is 0.0570. The molecular weight excluding hydrogens is 508 g/mol. The fourth-order valence-electron chi connectivity index (χ4n) is 5.25. The van der Waals surface area contributed by atoms with Crippen LogP contribution < -0.4 is 15.5 Å². The minimum absolute atomic E-state index is 0.0570. The molecule has 208 valence electrons. The second-order valence-corrected chi connectivity index (χ2v) is 11.7. The Bertz CT molecular complexity index is 1660. The van der Waals surface area contributed by atoms with Gasteiger partial charge in [0, 0.05) is 73.7 Å². The molecule has 1 aliphatic heterocycles. The van der Waals surface area contributed by atoms with Crippen LogP contribution in [0.3, 0.4) is 0 Å². The first-order valence-electron chi connectivity index (χ1n) is 14.2. The normalized spacial score (nSPS) is 13.9. The van der Waals surface area contributed by atoms with Crippen molar-refractivity contribution in [1.82, 2.24) is 19.7 Å². The van der Waals surface area contributed by atoms with Crippen LogP contribution in [0.5, 0.6) is 0 Å². The molecule has 0 aliphatic carbocycles. The zero-order chi connectivity index (χ0) is 28.4. The highest BCUT2D eigenvalue weighted by Gasteiger charge is 2.16. The Morgan fingerprint density at radius 3 is 2.46 bits per heavy atom. The highest BCUT2D eigenvalue weighted by atomic mass is 16.1. The van der Waals surface area contributed by atoms with Gasteiger partial charge in [-0.1, -0.05) is 63.2 Å². The van der Waals surface area contributed by atoms with Gasteiger partial charge < -0.3 is 19.9 Å². The molecule has 6 rings (SSSR count). The number of carbonyl (C=O) groups excluding carboxylic acids is 1. The van der Waals surface area contributed by atoms with Gasteiger partial charge in [0.15, 0.2) is 17.2 Å². The summed E-state index contributed by atoms with van der Waals surface area (Å²) in [5.74, 6) is 0.787. The van der Waals surface area contributed by atoms with Gasteiger partial charge >= 0.3 is 0 Å². The molecule has 7 nitrogen and oxygen atoms in total. The minimum Gasteiger partial charge on any atom is -0.369 e. The number of nitrogens with one attached hydrogen (secondary N) is 2. The van der Waals surface area contributed by atoms with Crippen molar-refractivity contribution >= 4 is 28.6 Å². The Labute approximate surface area is 241 Å². The van der Waals surface area contributed by atoms with Gasteiger partial charge in [-0.05, 0) is 46.9 Å². The Balaban J connectivity index is 1.22. The first-order valence-corrected chi connectivity index (χ1v) is 14.2. The van der Waals surface area contributed by atoms with Crippen molar-refractivity contribution in [3.05, 3.63) is 108 Å². The third kappa shape index (κ3) is 6.00. The van der Waals surface area contributed by atoms with E-state index in [9.17, 15) is 4.79 Å². The molecular formula is C34H36N6O. The van der Waals surface area contributed by atoms with Crippen LogP contribution in [0.25, 0.3) is 16.9 Å². The van der Waals surface area contributed by atoms with Crippen molar-refractivity contribution in [2.75, 3.05) is 36.4 Å². The van der Waals surface area contributed by atoms with E-state index in [0.717, 1.165) is 59.9 Å². The number of Topliss-reactive ketones (excluding diaryl/α,β-unsaturated/α-hetero) is 1. The molecule has 0 spiro atoms. The van der Waals surface area contributed by atoms with Crippen molar-refractivity contribution in [2.24, 2.45) is 0 Å². The van der Waals surface area contributed by atoms with Crippen LogP contribution in [-0.2, 0) is 11.8 Å². The van der Waals surface area contributed by atoms with Crippen LogP contribution in [0, 0.1) is 0 Å². The molecule has 0 radical (unpaired) electrons. The summed E-state index contributed by atoms with van der Waals surface area (Å²) >= 11 is 0. The molecule has 1 aliphatic rings. The third-order valence-electron chi connectivity index (χ3n) is 7.65. The highest BCUT2D eigenvalue weighted by molar-refractivity contribution is 5.97. The summed E-state index contributed by atoms with van der Waals surface area (Å²) in [5, 5.41) is 6.88. The summed E-state index contributed by atoms with van der Waals surface area (Å²) in [6.07, 6.45) is 6.01. The highest BCUT2D eigenvalue weighted by Crippen LogP contribution is 2.27. The summed E-state index contributed by atoms with van der Waals surface area (Å²) in [6.45, 7) is 10.6. The number of piperazine rings is 1. The third-order valence-corrected chi connectivity index (χ3v) is 7.65. The largest absolute Gasteiger partial charge is 0.369 e. The van der Waals surface area contributed by atoms with Crippen LogP contribution in [0.15, 0.2) is 91.4 Å². The van der Waals surface area contributed by atoms with Gasteiger partial charge in [-0.2, -0.15) is 0 Å². The first-order chi connectivity index (χ1) is 19.8. The molecule has 2 aromatic heterocycles. The summed E-state index contributed by atoms with van der Waals surface area (Å²) in [7, 11) is 0. The second kappa shape index (κ2) is 11.2. The average Bonchev–Trinajstić information content (AvgIpc) is 3.47. The number of ketones is 1. The molecule has 5 aromatic rings. The number of hydrogen-bond acceptors (Lipinski definition) is 6. The molecule has 3 aromatic carbocycles. The summed E-state index contributed by atoms with van der Waals surface area (Å²) < 4.78 is 1.98. The maximum absolute atomic E-state index is 13.1. The van der Waals surface area contributed by atoms with Gasteiger partial charge in [-0.25, -0.2) is 9.97 Å². The standard InChI is InChI=1S/C34H36N6O/c1-34(2,3)27-9-7-25(8-10-27)31(41)22-24-5-4-6-26(21-24)30-23-40-20-17-36-33(40)32(38-30)37-28-11-13-29(14-12-28)39-18-15-35-16-19-39/h4-14,17,20-21,23,35H,15-16,18-19,22H2,1-3H3,(H,37,38). The molecule has 3 heterocycles. The predicted molar refractivity (Wildman–Crippen MR) is 166 cm³/mol. The van der Waals surface area contributed by atoms with E-state index in [1.54, 1.807) is 6.20 Å². The monoisotopic (exact) mass is 544 g/mol. The number of imidazole rings is 1. The van der Waals surface area contributed by atoms with E-state index < -0.39 is 0 Å². The van der Waals surface area contributed by atoms with Crippen LogP contribution in [0.4, 0.5) is 17.2 Å². The van der Waals surface area contributed by atoms with E-state index in [-0.39, 0.29) is 11.2 Å². The fraction of sp³-hybridized carbons (Fsp3) is 0.265. The molecule has 0 unspecified atom stereocenters. The lowest BCUT2D eigenvalue weighted by Gasteiger charge is -2.29. The van der Waals surface area contributed by atoms with E-state index in [2.05, 4.69) is 83.8 Å². The maximum Gasteiger partial charge on any atom is 0.180 e. The Hall–Kier alpha value is -4.49. The number of hydrogen-bond donors (Lipinski definition) is 2. The van der Waals surface area contributed by atoms with Crippen molar-refractivity contribution in [3.8, 4) is 11.3 Å². The van der Waals surface area contributed by atoms with E-state index in [0.29, 0.717) is 12.2 Å². The first kappa shape index (κ1) is 26.7. The molecule has 0 atom stereocenters. The maximum atomic E-state index is 13.1. The van der Waals surface area contributed by atoms with Crippen molar-refractivity contribution in [2.45, 2.75) is 32.6 Å². The number of aromatic nitrogens is 3. The summed E-state index contributed by atoms with van der Waals surface area (Å²) in [6, 6.07) is 24.5. The predicted octanol–water partition coefficient (Wildman–Crippen LogP) is 6.27. The van der Waals surface area contributed by atoms with E-state index in [1.165, 1.54) is 11.3 Å². The zero-order valence-corrected chi connectivity index (χ0v) is 23.9. The molecule has 0 amide bonds. The van der Waals surface area contributed by atoms with Gasteiger partial charge in [-0.15, -0.1) is 0 Å². The van der Waals surface area contributed by atoms with E-state index in [1.807, 2.05) is 47.1 Å². The molecule has 0 saturated carbocycles. The van der Waals surface area contributed by atoms with Crippen molar-refractivity contribution in [3.63, 3.8) is 0 Å². The molecule has 2 N–H and O–H groups in total. The van der Waals surface area contributed by atoms with Crippen molar-refractivity contribution in [1.29, 1.82) is 0 Å². The van der Waals surface area contributed by atoms with Crippen LogP contribution in [0.2, 0.25) is 0 Å². The van der Waals surface area contributed by atoms with Crippen LogP contribution >= 0.6 is 0 Å². The van der Waals surface area contributed by atoms with Gasteiger partial charge in [0.25, 0.3) is 0 Å². The molecule has 7 heteroatoms. The molecule has 41 heavy (non-hydrogen) atoms. The Kier molecular flexibility index (Phi) is 7.28. The van der Waals surface area contributed by atoms with Gasteiger partial charge in [0.05, 0.1) is 5.69 Å². The smallest absolute Gasteiger partial charge is 0.180 e. The lowest BCUT2D eigenvalue weighted by atomic mass is 9.86. The van der Waals surface area contributed by atoms with Crippen LogP contribution in [0.1, 0.15) is 42.3 Å². The number of benzene rings is 3. The lowest BCUT2D eigenvalue weighted by molar-refractivity contribution is 0.0993. The topological polar surface area (TPSA) is 74.6 Å². The number of carbonyl (C=O) groups is 1. The van der Waals surface area contributed by atoms with Crippen molar-refractivity contribution < 1.29 is 4.79 Å².